The number of carbonyl (C=O) groups excluding carboxylic acids is 1. The van der Waals surface area contributed by atoms with Gasteiger partial charge in [0.05, 0.1) is 0 Å². The maximum absolute atomic E-state index is 12.2. The summed E-state index contributed by atoms with van der Waals surface area (Å²) in [5.41, 5.74) is 12.5. The Hall–Kier alpha value is -2.09. The van der Waals surface area contributed by atoms with Crippen LogP contribution in [0.4, 0.5) is 5.69 Å². The van der Waals surface area contributed by atoms with E-state index in [9.17, 15) is 4.79 Å². The standard InChI is InChI=1S/C19H23NO/c1-13-9-14(2)19(15(3)10-13)12-18(21)8-7-16-5-4-6-17(20)11-16/h4-6,9-11H,7-8,12,20H2,1-3H3. The van der Waals surface area contributed by atoms with Crippen molar-refractivity contribution in [1.29, 1.82) is 0 Å². The third-order valence-corrected chi connectivity index (χ3v) is 3.86. The molecule has 0 amide bonds. The highest BCUT2D eigenvalue weighted by atomic mass is 16.1. The summed E-state index contributed by atoms with van der Waals surface area (Å²) in [6.07, 6.45) is 1.85. The molecule has 110 valence electrons. The molecule has 0 atom stereocenters. The van der Waals surface area contributed by atoms with Crippen molar-refractivity contribution in [2.45, 2.75) is 40.0 Å². The Morgan fingerprint density at radius 1 is 1.05 bits per heavy atom. The Labute approximate surface area is 127 Å². The molecule has 0 aliphatic heterocycles. The van der Waals surface area contributed by atoms with Crippen molar-refractivity contribution in [2.75, 3.05) is 5.73 Å². The molecule has 0 fully saturated rings. The van der Waals surface area contributed by atoms with E-state index in [-0.39, 0.29) is 5.78 Å². The predicted octanol–water partition coefficient (Wildman–Crippen LogP) is 3.94. The second-order valence-corrected chi connectivity index (χ2v) is 5.84. The van der Waals surface area contributed by atoms with Crippen molar-refractivity contribution in [1.82, 2.24) is 0 Å². The van der Waals surface area contributed by atoms with Gasteiger partial charge in [0.2, 0.25) is 0 Å². The van der Waals surface area contributed by atoms with Crippen LogP contribution in [0.15, 0.2) is 36.4 Å². The third-order valence-electron chi connectivity index (χ3n) is 3.86. The zero-order chi connectivity index (χ0) is 15.4. The SMILES string of the molecule is Cc1cc(C)c(CC(=O)CCc2cccc(N)c2)c(C)c1. The molecular weight excluding hydrogens is 258 g/mol. The van der Waals surface area contributed by atoms with Crippen LogP contribution in [0.1, 0.15) is 34.2 Å². The van der Waals surface area contributed by atoms with E-state index in [1.807, 2.05) is 24.3 Å². The first-order valence-corrected chi connectivity index (χ1v) is 7.38. The molecule has 0 aromatic heterocycles. The minimum Gasteiger partial charge on any atom is -0.399 e. The number of nitrogen functional groups attached to an aromatic ring is 1. The molecule has 0 bridgehead atoms. The van der Waals surface area contributed by atoms with E-state index in [0.717, 1.165) is 17.7 Å². The first-order chi connectivity index (χ1) is 9.95. The Balaban J connectivity index is 1.99. The molecule has 0 unspecified atom stereocenters. The third kappa shape index (κ3) is 4.19. The van der Waals surface area contributed by atoms with Crippen molar-refractivity contribution >= 4 is 11.5 Å². The Morgan fingerprint density at radius 2 is 1.71 bits per heavy atom. The van der Waals surface area contributed by atoms with Gasteiger partial charge in [0, 0.05) is 18.5 Å². The molecule has 0 saturated carbocycles. The average molecular weight is 281 g/mol. The fourth-order valence-electron chi connectivity index (χ4n) is 2.81. The lowest BCUT2D eigenvalue weighted by molar-refractivity contribution is -0.118. The molecule has 0 aliphatic rings. The van der Waals surface area contributed by atoms with Crippen LogP contribution in [0.5, 0.6) is 0 Å². The zero-order valence-electron chi connectivity index (χ0n) is 13.1. The van der Waals surface area contributed by atoms with Crippen LogP contribution in [-0.4, -0.2) is 5.78 Å². The molecule has 2 rings (SSSR count). The largest absolute Gasteiger partial charge is 0.399 e. The molecule has 0 heterocycles. The second kappa shape index (κ2) is 6.57. The number of benzene rings is 2. The lowest BCUT2D eigenvalue weighted by atomic mass is 9.94. The maximum atomic E-state index is 12.2. The lowest BCUT2D eigenvalue weighted by Gasteiger charge is -2.11. The van der Waals surface area contributed by atoms with Crippen LogP contribution >= 0.6 is 0 Å². The van der Waals surface area contributed by atoms with E-state index in [1.165, 1.54) is 22.3 Å². The first kappa shape index (κ1) is 15.3. The lowest BCUT2D eigenvalue weighted by Crippen LogP contribution is -2.07. The van der Waals surface area contributed by atoms with Crippen molar-refractivity contribution in [3.05, 3.63) is 64.2 Å². The molecule has 0 saturated heterocycles. The topological polar surface area (TPSA) is 43.1 Å². The summed E-state index contributed by atoms with van der Waals surface area (Å²) < 4.78 is 0. The smallest absolute Gasteiger partial charge is 0.137 e. The van der Waals surface area contributed by atoms with Gasteiger partial charge in [0.25, 0.3) is 0 Å². The van der Waals surface area contributed by atoms with Gasteiger partial charge in [-0.15, -0.1) is 0 Å². The molecule has 0 radical (unpaired) electrons. The summed E-state index contributed by atoms with van der Waals surface area (Å²) in [4.78, 5) is 12.2. The highest BCUT2D eigenvalue weighted by Gasteiger charge is 2.10. The van der Waals surface area contributed by atoms with Gasteiger partial charge in [-0.25, -0.2) is 0 Å². The van der Waals surface area contributed by atoms with Crippen LogP contribution in [-0.2, 0) is 17.6 Å². The van der Waals surface area contributed by atoms with E-state index >= 15 is 0 Å². The summed E-state index contributed by atoms with van der Waals surface area (Å²) >= 11 is 0. The van der Waals surface area contributed by atoms with E-state index in [2.05, 4.69) is 32.9 Å². The highest BCUT2D eigenvalue weighted by Crippen LogP contribution is 2.18. The van der Waals surface area contributed by atoms with Gasteiger partial charge in [0.1, 0.15) is 5.78 Å². The van der Waals surface area contributed by atoms with Crippen LogP contribution < -0.4 is 5.73 Å². The Morgan fingerprint density at radius 3 is 2.33 bits per heavy atom. The number of Topliss-reactive ketones (excluding diaryl/α,β-unsaturated/α-hetero) is 1. The Kier molecular flexibility index (Phi) is 4.79. The van der Waals surface area contributed by atoms with E-state index in [4.69, 9.17) is 5.73 Å². The van der Waals surface area contributed by atoms with Crippen molar-refractivity contribution in [2.24, 2.45) is 0 Å². The quantitative estimate of drug-likeness (QED) is 0.844. The van der Waals surface area contributed by atoms with E-state index < -0.39 is 0 Å². The minimum atomic E-state index is 0.285. The van der Waals surface area contributed by atoms with Crippen LogP contribution in [0.3, 0.4) is 0 Å². The molecule has 2 heteroatoms. The fraction of sp³-hybridized carbons (Fsp3) is 0.316. The maximum Gasteiger partial charge on any atom is 0.137 e. The van der Waals surface area contributed by atoms with Crippen LogP contribution in [0, 0.1) is 20.8 Å². The van der Waals surface area contributed by atoms with Crippen LogP contribution in [0.25, 0.3) is 0 Å². The Bertz CT molecular complexity index is 635. The number of hydrogen-bond acceptors (Lipinski definition) is 2. The predicted molar refractivity (Wildman–Crippen MR) is 88.5 cm³/mol. The van der Waals surface area contributed by atoms with Gasteiger partial charge >= 0.3 is 0 Å². The van der Waals surface area contributed by atoms with Crippen molar-refractivity contribution < 1.29 is 4.79 Å². The molecule has 0 spiro atoms. The number of nitrogens with two attached hydrogens (primary N) is 1. The summed E-state index contributed by atoms with van der Waals surface area (Å²) in [6, 6.07) is 12.1. The first-order valence-electron chi connectivity index (χ1n) is 7.38. The van der Waals surface area contributed by atoms with Crippen LogP contribution in [0.2, 0.25) is 0 Å². The van der Waals surface area contributed by atoms with Crippen molar-refractivity contribution in [3.8, 4) is 0 Å². The highest BCUT2D eigenvalue weighted by molar-refractivity contribution is 5.81. The normalized spacial score (nSPS) is 10.6. The average Bonchev–Trinajstić information content (AvgIpc) is 2.40. The van der Waals surface area contributed by atoms with E-state index in [1.54, 1.807) is 0 Å². The van der Waals surface area contributed by atoms with Gasteiger partial charge in [-0.3, -0.25) is 4.79 Å². The fourth-order valence-corrected chi connectivity index (χ4v) is 2.81. The van der Waals surface area contributed by atoms with Gasteiger partial charge in [-0.1, -0.05) is 29.8 Å². The number of hydrogen-bond donors (Lipinski definition) is 1. The van der Waals surface area contributed by atoms with Gasteiger partial charge in [-0.2, -0.15) is 0 Å². The molecule has 2 aromatic rings. The summed E-state index contributed by atoms with van der Waals surface area (Å²) in [5, 5.41) is 0. The number of anilines is 1. The molecule has 21 heavy (non-hydrogen) atoms. The number of ketones is 1. The summed E-state index contributed by atoms with van der Waals surface area (Å²) in [6.45, 7) is 6.26. The van der Waals surface area contributed by atoms with Crippen molar-refractivity contribution in [3.63, 3.8) is 0 Å². The monoisotopic (exact) mass is 281 g/mol. The number of aryl methyl sites for hydroxylation is 4. The van der Waals surface area contributed by atoms with Gasteiger partial charge < -0.3 is 5.73 Å². The zero-order valence-corrected chi connectivity index (χ0v) is 13.1. The van der Waals surface area contributed by atoms with E-state index in [0.29, 0.717) is 12.8 Å². The number of rotatable bonds is 5. The summed E-state index contributed by atoms with van der Waals surface area (Å²) in [5.74, 6) is 0.285. The number of carbonyl (C=O) groups is 1. The second-order valence-electron chi connectivity index (χ2n) is 5.84. The molecule has 2 nitrogen and oxygen atoms in total. The van der Waals surface area contributed by atoms with Gasteiger partial charge in [0.15, 0.2) is 0 Å². The minimum absolute atomic E-state index is 0.285. The summed E-state index contributed by atoms with van der Waals surface area (Å²) in [7, 11) is 0. The van der Waals surface area contributed by atoms with Gasteiger partial charge in [-0.05, 0) is 61.6 Å². The molecule has 2 aromatic carbocycles. The molecule has 0 aliphatic carbocycles. The molecule has 2 N–H and O–H groups in total. The molecular formula is C19H23NO.